The first-order chi connectivity index (χ1) is 13.1. The van der Waals surface area contributed by atoms with Crippen LogP contribution in [0.4, 0.5) is 13.2 Å². The zero-order valence-electron chi connectivity index (χ0n) is 15.1. The number of halogens is 3. The number of nitrogens with one attached hydrogen (secondary N) is 1. The van der Waals surface area contributed by atoms with Crippen molar-refractivity contribution >= 4 is 22.7 Å². The molecule has 1 N–H and O–H groups in total. The number of alkyl halides is 3. The minimum atomic E-state index is -4.59. The molecule has 1 spiro atoms. The first kappa shape index (κ1) is 18.7. The van der Waals surface area contributed by atoms with Gasteiger partial charge >= 0.3 is 12.1 Å². The number of nitrogens with zero attached hydrogens (tertiary/aromatic N) is 1. The number of ketones is 1. The maximum absolute atomic E-state index is 13.4. The first-order valence-corrected chi connectivity index (χ1v) is 8.69. The Hall–Kier alpha value is -2.68. The van der Waals surface area contributed by atoms with Gasteiger partial charge in [-0.3, -0.25) is 9.59 Å². The third kappa shape index (κ3) is 2.81. The summed E-state index contributed by atoms with van der Waals surface area (Å²) in [5.74, 6) is -0.610. The van der Waals surface area contributed by atoms with Crippen LogP contribution in [0.15, 0.2) is 18.2 Å². The van der Waals surface area contributed by atoms with Crippen molar-refractivity contribution in [3.05, 3.63) is 35.0 Å². The molecule has 2 atom stereocenters. The lowest BCUT2D eigenvalue weighted by atomic mass is 9.86. The summed E-state index contributed by atoms with van der Waals surface area (Å²) in [6, 6.07) is 3.03. The maximum atomic E-state index is 13.4. The molecule has 1 fully saturated rings. The molecule has 2 unspecified atom stereocenters. The van der Waals surface area contributed by atoms with Gasteiger partial charge < -0.3 is 14.8 Å². The molecule has 0 bridgehead atoms. The Balaban J connectivity index is 1.83. The van der Waals surface area contributed by atoms with Gasteiger partial charge in [-0.25, -0.2) is 4.98 Å². The zero-order valence-corrected chi connectivity index (χ0v) is 15.1. The van der Waals surface area contributed by atoms with Gasteiger partial charge in [0.15, 0.2) is 11.5 Å². The topological polar surface area (TPSA) is 77.5 Å². The normalized spacial score (nSPS) is 24.3. The molecule has 148 valence electrons. The number of carbonyl (C=O) groups is 2. The highest BCUT2D eigenvalue weighted by molar-refractivity contribution is 6.11. The molecule has 2 aliphatic heterocycles. The minimum absolute atomic E-state index is 0.0463. The number of para-hydroxylation sites is 1. The molecule has 2 aromatic rings. The molecule has 28 heavy (non-hydrogen) atoms. The maximum Gasteiger partial charge on any atom is 0.418 e. The molecule has 1 saturated heterocycles. The van der Waals surface area contributed by atoms with Crippen molar-refractivity contribution in [1.29, 1.82) is 0 Å². The lowest BCUT2D eigenvalue weighted by Crippen LogP contribution is -2.44. The largest absolute Gasteiger partial charge is 0.483 e. The number of Topliss-reactive ketones (excluding diaryl/α,β-unsaturated/α-hetero) is 1. The highest BCUT2D eigenvalue weighted by Gasteiger charge is 2.49. The molecule has 1 aromatic heterocycles. The number of carbonyl (C=O) groups excluding carboxylic acids is 2. The molecule has 4 rings (SSSR count). The van der Waals surface area contributed by atoms with E-state index in [1.165, 1.54) is 26.2 Å². The summed E-state index contributed by atoms with van der Waals surface area (Å²) in [5, 5.41) is 3.10. The summed E-state index contributed by atoms with van der Waals surface area (Å²) in [6.45, 7) is 1.76. The van der Waals surface area contributed by atoms with Crippen LogP contribution in [0.1, 0.15) is 34.5 Å². The molecule has 3 heterocycles. The second-order valence-corrected chi connectivity index (χ2v) is 7.15. The van der Waals surface area contributed by atoms with Crippen molar-refractivity contribution in [3.8, 4) is 5.75 Å². The van der Waals surface area contributed by atoms with E-state index in [-0.39, 0.29) is 53.1 Å². The number of rotatable bonds is 1. The van der Waals surface area contributed by atoms with E-state index in [1.54, 1.807) is 0 Å². The molecular weight excluding hydrogens is 377 g/mol. The molecular formula is C19H17F3N2O4. The van der Waals surface area contributed by atoms with Crippen LogP contribution >= 0.6 is 0 Å². The van der Waals surface area contributed by atoms with Crippen LogP contribution in [0.2, 0.25) is 0 Å². The predicted molar refractivity (Wildman–Crippen MR) is 92.2 cm³/mol. The van der Waals surface area contributed by atoms with Crippen LogP contribution in [0.3, 0.4) is 0 Å². The number of aryl methyl sites for hydroxylation is 1. The molecule has 0 saturated carbocycles. The third-order valence-electron chi connectivity index (χ3n) is 5.26. The standard InChI is InChI=1S/C19H17F3N2O4/c1-9-16-14(10-4-3-5-11(15(10)24-9)19(20,21)22)13(25)7-18(28-16)6-12(23-8-18)17(26)27-2/h3-5,12,23H,6-8H2,1-2H3. The molecule has 2 aliphatic rings. The average Bonchev–Trinajstić information content (AvgIpc) is 3.03. The van der Waals surface area contributed by atoms with Gasteiger partial charge in [-0.15, -0.1) is 0 Å². The SMILES string of the molecule is COC(=O)C1CC2(CN1)CC(=O)c1c(c(C)nc3c(C(F)(F)F)cccc13)O2. The molecule has 0 aliphatic carbocycles. The third-order valence-corrected chi connectivity index (χ3v) is 5.26. The Labute approximate surface area is 158 Å². The minimum Gasteiger partial charge on any atom is -0.483 e. The number of esters is 1. The second-order valence-electron chi connectivity index (χ2n) is 7.15. The van der Waals surface area contributed by atoms with Gasteiger partial charge in [0.05, 0.1) is 35.9 Å². The second kappa shape index (κ2) is 6.16. The summed E-state index contributed by atoms with van der Waals surface area (Å²) in [4.78, 5) is 28.9. The fourth-order valence-electron chi connectivity index (χ4n) is 4.00. The van der Waals surface area contributed by atoms with Crippen LogP contribution in [0, 0.1) is 6.92 Å². The Bertz CT molecular complexity index is 1000. The van der Waals surface area contributed by atoms with Crippen LogP contribution in [0.25, 0.3) is 10.9 Å². The molecule has 0 amide bonds. The van der Waals surface area contributed by atoms with Crippen LogP contribution in [0.5, 0.6) is 5.75 Å². The fraction of sp³-hybridized carbons (Fsp3) is 0.421. The Morgan fingerprint density at radius 3 is 2.82 bits per heavy atom. The monoisotopic (exact) mass is 394 g/mol. The molecule has 0 radical (unpaired) electrons. The number of fused-ring (bicyclic) bond motifs is 3. The fourth-order valence-corrected chi connectivity index (χ4v) is 4.00. The Morgan fingerprint density at radius 2 is 2.14 bits per heavy atom. The van der Waals surface area contributed by atoms with Gasteiger partial charge in [0.2, 0.25) is 0 Å². The van der Waals surface area contributed by atoms with E-state index in [0.717, 1.165) is 6.07 Å². The van der Waals surface area contributed by atoms with E-state index < -0.39 is 29.4 Å². The molecule has 1 aromatic carbocycles. The van der Waals surface area contributed by atoms with Crippen molar-refractivity contribution in [2.45, 2.75) is 37.6 Å². The predicted octanol–water partition coefficient (Wildman–Crippen LogP) is 2.80. The van der Waals surface area contributed by atoms with Crippen molar-refractivity contribution in [2.75, 3.05) is 13.7 Å². The van der Waals surface area contributed by atoms with Crippen molar-refractivity contribution in [3.63, 3.8) is 0 Å². The smallest absolute Gasteiger partial charge is 0.418 e. The van der Waals surface area contributed by atoms with Crippen molar-refractivity contribution in [2.24, 2.45) is 0 Å². The number of ether oxygens (including phenoxy) is 2. The number of aromatic nitrogens is 1. The zero-order chi connectivity index (χ0) is 20.3. The Morgan fingerprint density at radius 1 is 1.39 bits per heavy atom. The highest BCUT2D eigenvalue weighted by atomic mass is 19.4. The van der Waals surface area contributed by atoms with E-state index in [4.69, 9.17) is 9.47 Å². The van der Waals surface area contributed by atoms with Crippen LogP contribution in [-0.2, 0) is 15.7 Å². The van der Waals surface area contributed by atoms with Gasteiger partial charge in [-0.1, -0.05) is 12.1 Å². The summed E-state index contributed by atoms with van der Waals surface area (Å²) in [5.41, 5.74) is -1.80. The van der Waals surface area contributed by atoms with Gasteiger partial charge in [0.25, 0.3) is 0 Å². The molecule has 6 nitrogen and oxygen atoms in total. The summed E-state index contributed by atoms with van der Waals surface area (Å²) < 4.78 is 50.9. The van der Waals surface area contributed by atoms with Gasteiger partial charge in [-0.05, 0) is 13.0 Å². The number of methoxy groups -OCH3 is 1. The lowest BCUT2D eigenvalue weighted by Gasteiger charge is -2.35. The Kier molecular flexibility index (Phi) is 4.11. The van der Waals surface area contributed by atoms with Crippen LogP contribution in [-0.4, -0.2) is 42.0 Å². The average molecular weight is 394 g/mol. The van der Waals surface area contributed by atoms with Crippen LogP contribution < -0.4 is 10.1 Å². The van der Waals surface area contributed by atoms with Crippen molar-refractivity contribution in [1.82, 2.24) is 10.3 Å². The van der Waals surface area contributed by atoms with Gasteiger partial charge in [-0.2, -0.15) is 13.2 Å². The van der Waals surface area contributed by atoms with E-state index in [2.05, 4.69) is 10.3 Å². The number of hydrogen-bond donors (Lipinski definition) is 1. The number of pyridine rings is 1. The quantitative estimate of drug-likeness (QED) is 0.750. The summed E-state index contributed by atoms with van der Waals surface area (Å²) in [7, 11) is 1.27. The number of hydrogen-bond acceptors (Lipinski definition) is 6. The van der Waals surface area contributed by atoms with E-state index in [0.29, 0.717) is 0 Å². The van der Waals surface area contributed by atoms with Crippen molar-refractivity contribution < 1.29 is 32.2 Å². The lowest BCUT2D eigenvalue weighted by molar-refractivity contribution is -0.143. The van der Waals surface area contributed by atoms with Gasteiger partial charge in [0.1, 0.15) is 11.6 Å². The first-order valence-electron chi connectivity index (χ1n) is 8.69. The highest BCUT2D eigenvalue weighted by Crippen LogP contribution is 2.44. The number of benzene rings is 1. The van der Waals surface area contributed by atoms with E-state index in [9.17, 15) is 22.8 Å². The van der Waals surface area contributed by atoms with E-state index in [1.807, 2.05) is 0 Å². The van der Waals surface area contributed by atoms with E-state index >= 15 is 0 Å². The summed E-state index contributed by atoms with van der Waals surface area (Å²) in [6.07, 6.45) is -4.41. The van der Waals surface area contributed by atoms with Gasteiger partial charge in [0, 0.05) is 18.4 Å². The molecule has 9 heteroatoms. The summed E-state index contributed by atoms with van der Waals surface area (Å²) >= 11 is 0.